The minimum absolute atomic E-state index is 0. The predicted octanol–water partition coefficient (Wildman–Crippen LogP) is 4.76. The van der Waals surface area contributed by atoms with Crippen LogP contribution in [0.4, 0.5) is 8.78 Å². The third-order valence-corrected chi connectivity index (χ3v) is 3.74. The monoisotopic (exact) mass is 456 g/mol. The Bertz CT molecular complexity index is 1040. The van der Waals surface area contributed by atoms with E-state index in [0.29, 0.717) is 5.56 Å². The zero-order valence-electron chi connectivity index (χ0n) is 15.8. The number of carbonyl (C=O) groups is 2. The smallest absolute Gasteiger partial charge is 0.338 e. The quantitative estimate of drug-likeness (QED) is 0.417. The summed E-state index contributed by atoms with van der Waals surface area (Å²) in [7, 11) is 2.57. The lowest BCUT2D eigenvalue weighted by Gasteiger charge is -2.04. The van der Waals surface area contributed by atoms with Crippen molar-refractivity contribution in [1.82, 2.24) is 9.97 Å². The number of pyridine rings is 2. The molecule has 0 fully saturated rings. The highest BCUT2D eigenvalue weighted by atomic mass is 35.5. The van der Waals surface area contributed by atoms with Crippen LogP contribution >= 0.6 is 24.0 Å². The van der Waals surface area contributed by atoms with Crippen molar-refractivity contribution >= 4 is 35.9 Å². The second-order valence-electron chi connectivity index (χ2n) is 5.40. The molecule has 158 valence electrons. The van der Waals surface area contributed by atoms with E-state index < -0.39 is 23.6 Å². The maximum Gasteiger partial charge on any atom is 0.338 e. The third kappa shape index (κ3) is 6.75. The molecule has 6 nitrogen and oxygen atoms in total. The maximum absolute atomic E-state index is 13.6. The highest BCUT2D eigenvalue weighted by Crippen LogP contribution is 2.22. The first-order valence-corrected chi connectivity index (χ1v) is 8.43. The van der Waals surface area contributed by atoms with Gasteiger partial charge in [-0.1, -0.05) is 11.6 Å². The molecule has 30 heavy (non-hydrogen) atoms. The SMILES string of the molecule is COC(=O)c1ccnc(-c2ccc(F)cc2F)c1.COC(=O)c1ccnc(Cl)c1.Cl. The van der Waals surface area contributed by atoms with Crippen LogP contribution in [-0.4, -0.2) is 36.1 Å². The van der Waals surface area contributed by atoms with E-state index in [-0.39, 0.29) is 34.4 Å². The van der Waals surface area contributed by atoms with Gasteiger partial charge in [0.05, 0.1) is 31.0 Å². The van der Waals surface area contributed by atoms with Gasteiger partial charge in [-0.05, 0) is 36.4 Å². The van der Waals surface area contributed by atoms with Crippen molar-refractivity contribution < 1.29 is 27.8 Å². The molecule has 10 heteroatoms. The number of carbonyl (C=O) groups excluding carboxylic acids is 2. The van der Waals surface area contributed by atoms with Gasteiger partial charge in [0.15, 0.2) is 0 Å². The molecular weight excluding hydrogens is 441 g/mol. The zero-order valence-corrected chi connectivity index (χ0v) is 17.3. The van der Waals surface area contributed by atoms with Gasteiger partial charge in [0.2, 0.25) is 0 Å². The molecule has 0 aliphatic heterocycles. The fourth-order valence-electron chi connectivity index (χ4n) is 2.17. The fourth-order valence-corrected chi connectivity index (χ4v) is 2.34. The summed E-state index contributed by atoms with van der Waals surface area (Å²) in [5.41, 5.74) is 1.04. The number of aromatic nitrogens is 2. The first-order valence-electron chi connectivity index (χ1n) is 8.05. The van der Waals surface area contributed by atoms with E-state index >= 15 is 0 Å². The van der Waals surface area contributed by atoms with Gasteiger partial charge in [0.25, 0.3) is 0 Å². The van der Waals surface area contributed by atoms with Crippen LogP contribution in [0, 0.1) is 11.6 Å². The largest absolute Gasteiger partial charge is 0.465 e. The number of esters is 2. The number of hydrogen-bond acceptors (Lipinski definition) is 6. The molecule has 3 rings (SSSR count). The normalized spacial score (nSPS) is 9.50. The van der Waals surface area contributed by atoms with Crippen LogP contribution in [0.3, 0.4) is 0 Å². The molecule has 0 aliphatic rings. The Kier molecular flexibility index (Phi) is 9.80. The van der Waals surface area contributed by atoms with E-state index in [4.69, 9.17) is 11.6 Å². The Balaban J connectivity index is 0.000000324. The van der Waals surface area contributed by atoms with Crippen LogP contribution in [-0.2, 0) is 9.47 Å². The highest BCUT2D eigenvalue weighted by molar-refractivity contribution is 6.29. The molecular formula is C20H16Cl2F2N2O4. The molecule has 0 spiro atoms. The van der Waals surface area contributed by atoms with E-state index in [0.717, 1.165) is 12.1 Å². The number of hydrogen-bond donors (Lipinski definition) is 0. The third-order valence-electron chi connectivity index (χ3n) is 3.54. The summed E-state index contributed by atoms with van der Waals surface area (Å²) in [5, 5.41) is 0.285. The molecule has 2 aromatic heterocycles. The molecule has 0 unspecified atom stereocenters. The van der Waals surface area contributed by atoms with E-state index in [9.17, 15) is 18.4 Å². The number of nitrogens with zero attached hydrogens (tertiary/aromatic N) is 2. The summed E-state index contributed by atoms with van der Waals surface area (Å²) < 4.78 is 35.4. The van der Waals surface area contributed by atoms with Gasteiger partial charge in [0, 0.05) is 24.0 Å². The lowest BCUT2D eigenvalue weighted by atomic mass is 10.1. The molecule has 0 amide bonds. The van der Waals surface area contributed by atoms with E-state index in [1.54, 1.807) is 0 Å². The molecule has 0 saturated heterocycles. The van der Waals surface area contributed by atoms with Gasteiger partial charge in [0.1, 0.15) is 16.8 Å². The summed E-state index contributed by atoms with van der Waals surface area (Å²) >= 11 is 5.53. The fraction of sp³-hybridized carbons (Fsp3) is 0.100. The Labute approximate surface area is 182 Å². The van der Waals surface area contributed by atoms with Crippen LogP contribution in [0.5, 0.6) is 0 Å². The van der Waals surface area contributed by atoms with Crippen LogP contribution in [0.15, 0.2) is 54.9 Å². The average molecular weight is 457 g/mol. The molecule has 0 radical (unpaired) electrons. The van der Waals surface area contributed by atoms with Gasteiger partial charge in [-0.3, -0.25) is 4.98 Å². The Morgan fingerprint density at radius 1 is 0.867 bits per heavy atom. The average Bonchev–Trinajstić information content (AvgIpc) is 2.73. The van der Waals surface area contributed by atoms with Gasteiger partial charge in [-0.25, -0.2) is 23.4 Å². The molecule has 3 aromatic rings. The minimum atomic E-state index is -0.732. The lowest BCUT2D eigenvalue weighted by molar-refractivity contribution is 0.0592. The predicted molar refractivity (Wildman–Crippen MR) is 109 cm³/mol. The minimum Gasteiger partial charge on any atom is -0.465 e. The van der Waals surface area contributed by atoms with Gasteiger partial charge in [-0.15, -0.1) is 12.4 Å². The number of methoxy groups -OCH3 is 2. The van der Waals surface area contributed by atoms with Crippen LogP contribution in [0.25, 0.3) is 11.3 Å². The van der Waals surface area contributed by atoms with Gasteiger partial charge in [-0.2, -0.15) is 0 Å². The van der Waals surface area contributed by atoms with Crippen LogP contribution in [0.1, 0.15) is 20.7 Å². The molecule has 0 aliphatic carbocycles. The number of ether oxygens (including phenoxy) is 2. The summed E-state index contributed by atoms with van der Waals surface area (Å²) in [6, 6.07) is 9.00. The van der Waals surface area contributed by atoms with Crippen molar-refractivity contribution in [2.24, 2.45) is 0 Å². The first kappa shape index (κ1) is 24.9. The highest BCUT2D eigenvalue weighted by Gasteiger charge is 2.11. The van der Waals surface area contributed by atoms with Gasteiger partial charge >= 0.3 is 11.9 Å². The summed E-state index contributed by atoms with van der Waals surface area (Å²) in [6.07, 6.45) is 2.82. The molecule has 0 saturated carbocycles. The maximum atomic E-state index is 13.6. The second kappa shape index (κ2) is 11.8. The van der Waals surface area contributed by atoms with Crippen molar-refractivity contribution in [2.45, 2.75) is 0 Å². The van der Waals surface area contributed by atoms with Gasteiger partial charge < -0.3 is 9.47 Å². The number of halogens is 4. The van der Waals surface area contributed by atoms with Crippen molar-refractivity contribution in [2.75, 3.05) is 14.2 Å². The van der Waals surface area contributed by atoms with Crippen molar-refractivity contribution in [3.05, 3.63) is 82.8 Å². The molecule has 0 atom stereocenters. The van der Waals surface area contributed by atoms with Crippen molar-refractivity contribution in [1.29, 1.82) is 0 Å². The van der Waals surface area contributed by atoms with Crippen LogP contribution < -0.4 is 0 Å². The topological polar surface area (TPSA) is 78.4 Å². The van der Waals surface area contributed by atoms with Crippen LogP contribution in [0.2, 0.25) is 5.15 Å². The summed E-state index contributed by atoms with van der Waals surface area (Å²) in [6.45, 7) is 0. The van der Waals surface area contributed by atoms with E-state index in [1.165, 1.54) is 56.9 Å². The summed E-state index contributed by atoms with van der Waals surface area (Å²) in [5.74, 6) is -2.35. The molecule has 2 heterocycles. The van der Waals surface area contributed by atoms with Crippen molar-refractivity contribution in [3.63, 3.8) is 0 Å². The molecule has 0 bridgehead atoms. The lowest BCUT2D eigenvalue weighted by Crippen LogP contribution is -2.02. The van der Waals surface area contributed by atoms with E-state index in [2.05, 4.69) is 19.4 Å². The molecule has 1 aromatic carbocycles. The summed E-state index contributed by atoms with van der Waals surface area (Å²) in [4.78, 5) is 29.9. The van der Waals surface area contributed by atoms with E-state index in [1.807, 2.05) is 0 Å². The Morgan fingerprint density at radius 2 is 1.43 bits per heavy atom. The Hall–Kier alpha value is -3.10. The van der Waals surface area contributed by atoms with Crippen molar-refractivity contribution in [3.8, 4) is 11.3 Å². The number of rotatable bonds is 3. The second-order valence-corrected chi connectivity index (χ2v) is 5.79. The zero-order chi connectivity index (χ0) is 21.4. The standard InChI is InChI=1S/C13H9F2NO2.C7H6ClNO2.ClH/c1-18-13(17)8-4-5-16-12(6-8)10-3-2-9(14)7-11(10)15;1-11-7(10)5-2-3-9-6(8)4-5;/h2-7H,1H3;2-4H,1H3;1H. The number of benzene rings is 1. The molecule has 0 N–H and O–H groups in total. The Morgan fingerprint density at radius 3 is 1.97 bits per heavy atom. The first-order chi connectivity index (χ1) is 13.8.